The van der Waals surface area contributed by atoms with Crippen molar-refractivity contribution in [1.29, 1.82) is 0 Å². The Kier molecular flexibility index (Phi) is 2.22. The number of rotatable bonds is 0. The third-order valence-electron chi connectivity index (χ3n) is 1.72. The molecule has 0 N–H and O–H groups in total. The van der Waals surface area contributed by atoms with Gasteiger partial charge in [-0.15, -0.1) is 0 Å². The van der Waals surface area contributed by atoms with E-state index in [2.05, 4.69) is 20.9 Å². The summed E-state index contributed by atoms with van der Waals surface area (Å²) in [7, 11) is 0. The van der Waals surface area contributed by atoms with Crippen molar-refractivity contribution in [3.63, 3.8) is 0 Å². The number of halogens is 3. The number of fused-ring (bicyclic) bond motifs is 1. The number of hydrogen-bond acceptors (Lipinski definition) is 1. The van der Waals surface area contributed by atoms with Crippen LogP contribution in [0.15, 0.2) is 28.7 Å². The molecule has 0 aliphatic heterocycles. The second-order valence-corrected chi connectivity index (χ2v) is 3.80. The quantitative estimate of drug-likeness (QED) is 0.657. The molecule has 0 bridgehead atoms. The first-order chi connectivity index (χ1) is 6.18. The van der Waals surface area contributed by atoms with Crippen LogP contribution in [0.2, 0.25) is 5.15 Å². The van der Waals surface area contributed by atoms with E-state index in [4.69, 9.17) is 11.6 Å². The maximum Gasteiger partial charge on any atom is 0.132 e. The summed E-state index contributed by atoms with van der Waals surface area (Å²) >= 11 is 8.97. The third-order valence-corrected chi connectivity index (χ3v) is 2.57. The van der Waals surface area contributed by atoms with E-state index in [0.29, 0.717) is 16.1 Å². The molecule has 0 aliphatic carbocycles. The Morgan fingerprint density at radius 2 is 2.00 bits per heavy atom. The van der Waals surface area contributed by atoms with E-state index in [1.807, 2.05) is 0 Å². The lowest BCUT2D eigenvalue weighted by Gasteiger charge is -2.00. The largest absolute Gasteiger partial charge is 0.235 e. The van der Waals surface area contributed by atoms with Gasteiger partial charge in [-0.25, -0.2) is 9.37 Å². The highest BCUT2D eigenvalue weighted by Crippen LogP contribution is 2.25. The number of aromatic nitrogens is 1. The minimum atomic E-state index is -0.289. The summed E-state index contributed by atoms with van der Waals surface area (Å²) in [6.45, 7) is 0. The van der Waals surface area contributed by atoms with E-state index in [-0.39, 0.29) is 5.82 Å². The third kappa shape index (κ3) is 1.54. The van der Waals surface area contributed by atoms with Gasteiger partial charge in [-0.2, -0.15) is 0 Å². The van der Waals surface area contributed by atoms with Gasteiger partial charge in [0.05, 0.1) is 5.52 Å². The molecule has 2 aromatic rings. The molecule has 4 heteroatoms. The first-order valence-electron chi connectivity index (χ1n) is 3.59. The molecule has 0 fully saturated rings. The van der Waals surface area contributed by atoms with Gasteiger partial charge < -0.3 is 0 Å². The Bertz CT molecular complexity index is 472. The van der Waals surface area contributed by atoms with E-state index >= 15 is 0 Å². The van der Waals surface area contributed by atoms with Crippen molar-refractivity contribution >= 4 is 38.4 Å². The highest BCUT2D eigenvalue weighted by Gasteiger charge is 2.05. The minimum absolute atomic E-state index is 0.289. The SMILES string of the molecule is Fc1ccc(Br)c2nc(Cl)ccc12. The van der Waals surface area contributed by atoms with Gasteiger partial charge in [-0.3, -0.25) is 0 Å². The summed E-state index contributed by atoms with van der Waals surface area (Å²) in [6, 6.07) is 6.19. The normalized spacial score (nSPS) is 10.7. The van der Waals surface area contributed by atoms with Crippen molar-refractivity contribution in [3.8, 4) is 0 Å². The molecule has 1 aromatic carbocycles. The molecule has 1 heterocycles. The van der Waals surface area contributed by atoms with Crippen LogP contribution in [0.1, 0.15) is 0 Å². The molecular formula is C9H4BrClFN. The Morgan fingerprint density at radius 3 is 2.77 bits per heavy atom. The van der Waals surface area contributed by atoms with Crippen molar-refractivity contribution in [1.82, 2.24) is 4.98 Å². The van der Waals surface area contributed by atoms with Gasteiger partial charge >= 0.3 is 0 Å². The van der Waals surface area contributed by atoms with Crippen LogP contribution < -0.4 is 0 Å². The van der Waals surface area contributed by atoms with Crippen LogP contribution in [-0.4, -0.2) is 4.98 Å². The molecule has 0 saturated heterocycles. The molecule has 0 aliphatic rings. The molecule has 0 radical (unpaired) electrons. The fraction of sp³-hybridized carbons (Fsp3) is 0. The number of hydrogen-bond donors (Lipinski definition) is 0. The van der Waals surface area contributed by atoms with E-state index in [0.717, 1.165) is 4.47 Å². The first-order valence-corrected chi connectivity index (χ1v) is 4.76. The zero-order valence-electron chi connectivity index (χ0n) is 6.39. The predicted octanol–water partition coefficient (Wildman–Crippen LogP) is 3.79. The summed E-state index contributed by atoms with van der Waals surface area (Å²) in [5, 5.41) is 0.831. The predicted molar refractivity (Wildman–Crippen MR) is 54.4 cm³/mol. The Hall–Kier alpha value is -0.670. The van der Waals surface area contributed by atoms with E-state index in [1.54, 1.807) is 18.2 Å². The fourth-order valence-electron chi connectivity index (χ4n) is 1.13. The molecule has 1 nitrogen and oxygen atoms in total. The van der Waals surface area contributed by atoms with Gasteiger partial charge in [0, 0.05) is 9.86 Å². The number of nitrogens with zero attached hydrogens (tertiary/aromatic N) is 1. The summed E-state index contributed by atoms with van der Waals surface area (Å²) in [5.74, 6) is -0.289. The first kappa shape index (κ1) is 8.91. The zero-order valence-corrected chi connectivity index (χ0v) is 8.73. The topological polar surface area (TPSA) is 12.9 Å². The second-order valence-electron chi connectivity index (χ2n) is 2.56. The van der Waals surface area contributed by atoms with Crippen LogP contribution in [0, 0.1) is 5.82 Å². The van der Waals surface area contributed by atoms with Crippen LogP contribution in [0.3, 0.4) is 0 Å². The molecule has 0 amide bonds. The molecule has 13 heavy (non-hydrogen) atoms. The van der Waals surface area contributed by atoms with Crippen LogP contribution in [0.5, 0.6) is 0 Å². The summed E-state index contributed by atoms with van der Waals surface area (Å²) in [4.78, 5) is 4.01. The molecular weight excluding hydrogens is 256 g/mol. The second kappa shape index (κ2) is 3.24. The molecule has 0 atom stereocenters. The molecule has 66 valence electrons. The molecule has 0 saturated carbocycles. The minimum Gasteiger partial charge on any atom is -0.235 e. The van der Waals surface area contributed by atoms with Crippen LogP contribution in [-0.2, 0) is 0 Å². The van der Waals surface area contributed by atoms with Crippen molar-refractivity contribution in [3.05, 3.63) is 39.7 Å². The number of benzene rings is 1. The van der Waals surface area contributed by atoms with Gasteiger partial charge in [-0.1, -0.05) is 11.6 Å². The molecule has 1 aromatic heterocycles. The van der Waals surface area contributed by atoms with Gasteiger partial charge in [-0.05, 0) is 40.2 Å². The van der Waals surface area contributed by atoms with Crippen molar-refractivity contribution in [2.75, 3.05) is 0 Å². The monoisotopic (exact) mass is 259 g/mol. The number of pyridine rings is 1. The van der Waals surface area contributed by atoms with Gasteiger partial charge in [0.15, 0.2) is 0 Å². The van der Waals surface area contributed by atoms with E-state index in [1.165, 1.54) is 6.07 Å². The summed E-state index contributed by atoms with van der Waals surface area (Å²) in [6.07, 6.45) is 0. The Morgan fingerprint density at radius 1 is 1.23 bits per heavy atom. The lowest BCUT2D eigenvalue weighted by molar-refractivity contribution is 0.639. The fourth-order valence-corrected chi connectivity index (χ4v) is 1.71. The Balaban J connectivity index is 2.92. The highest BCUT2D eigenvalue weighted by molar-refractivity contribution is 9.10. The standard InChI is InChI=1S/C9H4BrClFN/c10-6-2-3-7(12)5-1-4-8(11)13-9(5)6/h1-4H. The molecule has 2 rings (SSSR count). The van der Waals surface area contributed by atoms with Gasteiger partial charge in [0.2, 0.25) is 0 Å². The van der Waals surface area contributed by atoms with Crippen molar-refractivity contribution in [2.45, 2.75) is 0 Å². The summed E-state index contributed by atoms with van der Waals surface area (Å²) < 4.78 is 13.9. The highest BCUT2D eigenvalue weighted by atomic mass is 79.9. The lowest BCUT2D eigenvalue weighted by atomic mass is 10.2. The summed E-state index contributed by atoms with van der Waals surface area (Å²) in [5.41, 5.74) is 0.549. The molecule has 0 unspecified atom stereocenters. The average Bonchev–Trinajstić information content (AvgIpc) is 2.12. The van der Waals surface area contributed by atoms with E-state index in [9.17, 15) is 4.39 Å². The zero-order chi connectivity index (χ0) is 9.42. The molecule has 0 spiro atoms. The van der Waals surface area contributed by atoms with Crippen LogP contribution in [0.25, 0.3) is 10.9 Å². The van der Waals surface area contributed by atoms with Crippen molar-refractivity contribution < 1.29 is 4.39 Å². The van der Waals surface area contributed by atoms with E-state index < -0.39 is 0 Å². The van der Waals surface area contributed by atoms with Crippen molar-refractivity contribution in [2.24, 2.45) is 0 Å². The lowest BCUT2D eigenvalue weighted by Crippen LogP contribution is -1.84. The maximum atomic E-state index is 13.2. The Labute approximate surface area is 87.7 Å². The maximum absolute atomic E-state index is 13.2. The van der Waals surface area contributed by atoms with Crippen LogP contribution >= 0.6 is 27.5 Å². The smallest absolute Gasteiger partial charge is 0.132 e. The van der Waals surface area contributed by atoms with Crippen LogP contribution in [0.4, 0.5) is 4.39 Å². The average molecular weight is 260 g/mol. The van der Waals surface area contributed by atoms with Gasteiger partial charge in [0.25, 0.3) is 0 Å². The van der Waals surface area contributed by atoms with Gasteiger partial charge in [0.1, 0.15) is 11.0 Å².